The first-order valence-electron chi connectivity index (χ1n) is 8.58. The highest BCUT2D eigenvalue weighted by molar-refractivity contribution is 7.91. The molecule has 0 N–H and O–H groups in total. The number of nitrogens with zero attached hydrogens (tertiary/aromatic N) is 2. The average Bonchev–Trinajstić information content (AvgIpc) is 3.41. The van der Waals surface area contributed by atoms with Gasteiger partial charge in [-0.3, -0.25) is 4.79 Å². The van der Waals surface area contributed by atoms with Gasteiger partial charge in [0.25, 0.3) is 5.91 Å². The molecule has 1 saturated heterocycles. The van der Waals surface area contributed by atoms with Crippen LogP contribution in [0.5, 0.6) is 0 Å². The van der Waals surface area contributed by atoms with Crippen molar-refractivity contribution in [3.63, 3.8) is 0 Å². The van der Waals surface area contributed by atoms with E-state index in [1.807, 2.05) is 47.8 Å². The summed E-state index contributed by atoms with van der Waals surface area (Å²) in [5, 5.41) is 5.88. The van der Waals surface area contributed by atoms with Crippen molar-refractivity contribution in [2.75, 3.05) is 11.5 Å². The van der Waals surface area contributed by atoms with Crippen LogP contribution < -0.4 is 0 Å². The van der Waals surface area contributed by atoms with Gasteiger partial charge in [0, 0.05) is 22.5 Å². The van der Waals surface area contributed by atoms with Crippen LogP contribution in [0.1, 0.15) is 21.8 Å². The van der Waals surface area contributed by atoms with E-state index in [1.54, 1.807) is 11.0 Å². The van der Waals surface area contributed by atoms with Crippen molar-refractivity contribution in [1.29, 1.82) is 0 Å². The molecule has 1 aliphatic rings. The maximum Gasteiger partial charge on any atom is 0.276 e. The summed E-state index contributed by atoms with van der Waals surface area (Å²) in [6.45, 7) is 0.365. The largest absolute Gasteiger partial charge is 0.355 e. The van der Waals surface area contributed by atoms with Crippen LogP contribution in [0, 0.1) is 0 Å². The maximum absolute atomic E-state index is 13.1. The summed E-state index contributed by atoms with van der Waals surface area (Å²) >= 11 is 1.54. The molecule has 4 rings (SSSR count). The molecule has 8 heteroatoms. The number of carbonyl (C=O) groups is 1. The summed E-state index contributed by atoms with van der Waals surface area (Å²) < 4.78 is 29.2. The fourth-order valence-corrected chi connectivity index (χ4v) is 5.65. The van der Waals surface area contributed by atoms with Crippen molar-refractivity contribution in [2.45, 2.75) is 19.0 Å². The minimum Gasteiger partial charge on any atom is -0.355 e. The van der Waals surface area contributed by atoms with Gasteiger partial charge in [0.05, 0.1) is 18.1 Å². The number of hydrogen-bond acceptors (Lipinski definition) is 6. The van der Waals surface area contributed by atoms with E-state index in [-0.39, 0.29) is 29.1 Å². The van der Waals surface area contributed by atoms with Gasteiger partial charge in [-0.25, -0.2) is 8.42 Å². The van der Waals surface area contributed by atoms with E-state index in [1.165, 1.54) is 11.3 Å². The van der Waals surface area contributed by atoms with Gasteiger partial charge in [-0.2, -0.15) is 0 Å². The highest BCUT2D eigenvalue weighted by Gasteiger charge is 2.36. The maximum atomic E-state index is 13.1. The molecule has 6 nitrogen and oxygen atoms in total. The third-order valence-electron chi connectivity index (χ3n) is 4.60. The molecule has 1 atom stereocenters. The first-order chi connectivity index (χ1) is 13.0. The zero-order valence-electron chi connectivity index (χ0n) is 14.4. The second-order valence-corrected chi connectivity index (χ2v) is 9.77. The molecule has 1 aliphatic heterocycles. The van der Waals surface area contributed by atoms with Crippen LogP contribution in [0.25, 0.3) is 11.3 Å². The minimum atomic E-state index is -3.11. The molecule has 1 fully saturated rings. The molecule has 0 spiro atoms. The van der Waals surface area contributed by atoms with E-state index in [0.29, 0.717) is 18.7 Å². The van der Waals surface area contributed by atoms with Crippen molar-refractivity contribution >= 4 is 27.1 Å². The van der Waals surface area contributed by atoms with Crippen LogP contribution >= 0.6 is 11.3 Å². The molecule has 3 heterocycles. The SMILES string of the molecule is O=C(c1cc(-c2ccccc2)on1)N(Cc1cccs1)C1CCS(=O)(=O)C1. The zero-order valence-corrected chi connectivity index (χ0v) is 16.1. The molecular weight excluding hydrogens is 384 g/mol. The highest BCUT2D eigenvalue weighted by Crippen LogP contribution is 2.25. The van der Waals surface area contributed by atoms with E-state index in [4.69, 9.17) is 4.52 Å². The molecular formula is C19H18N2O4S2. The fraction of sp³-hybridized carbons (Fsp3) is 0.263. The predicted octanol–water partition coefficient (Wildman–Crippen LogP) is 3.23. The van der Waals surface area contributed by atoms with E-state index in [9.17, 15) is 13.2 Å². The monoisotopic (exact) mass is 402 g/mol. The third kappa shape index (κ3) is 3.96. The van der Waals surface area contributed by atoms with E-state index in [2.05, 4.69) is 5.16 Å². The lowest BCUT2D eigenvalue weighted by atomic mass is 10.1. The summed E-state index contributed by atoms with van der Waals surface area (Å²) in [7, 11) is -3.11. The number of thiophene rings is 1. The molecule has 1 amide bonds. The van der Waals surface area contributed by atoms with Gasteiger partial charge in [0.1, 0.15) is 0 Å². The Bertz CT molecular complexity index is 1030. The number of sulfone groups is 1. The molecule has 0 bridgehead atoms. The quantitative estimate of drug-likeness (QED) is 0.655. The molecule has 1 unspecified atom stereocenters. The molecule has 3 aromatic rings. The summed E-state index contributed by atoms with van der Waals surface area (Å²) in [5.74, 6) is 0.304. The Hall–Kier alpha value is -2.45. The lowest BCUT2D eigenvalue weighted by Gasteiger charge is -2.26. The van der Waals surface area contributed by atoms with Gasteiger partial charge in [-0.15, -0.1) is 11.3 Å². The number of carbonyl (C=O) groups excluding carboxylic acids is 1. The summed E-state index contributed by atoms with van der Waals surface area (Å²) in [6, 6.07) is 14.5. The summed E-state index contributed by atoms with van der Waals surface area (Å²) in [4.78, 5) is 15.7. The van der Waals surface area contributed by atoms with E-state index in [0.717, 1.165) is 10.4 Å². The molecule has 0 aliphatic carbocycles. The van der Waals surface area contributed by atoms with Gasteiger partial charge >= 0.3 is 0 Å². The smallest absolute Gasteiger partial charge is 0.276 e. The van der Waals surface area contributed by atoms with Crippen molar-refractivity contribution < 1.29 is 17.7 Å². The number of hydrogen-bond donors (Lipinski definition) is 0. The predicted molar refractivity (Wildman–Crippen MR) is 103 cm³/mol. The molecule has 140 valence electrons. The average molecular weight is 402 g/mol. The molecule has 27 heavy (non-hydrogen) atoms. The third-order valence-corrected chi connectivity index (χ3v) is 7.22. The Morgan fingerprint density at radius 3 is 2.70 bits per heavy atom. The van der Waals surface area contributed by atoms with Crippen LogP contribution in [0.15, 0.2) is 58.4 Å². The second kappa shape index (κ2) is 7.28. The Morgan fingerprint density at radius 1 is 1.22 bits per heavy atom. The van der Waals surface area contributed by atoms with Crippen LogP contribution in [-0.4, -0.2) is 41.9 Å². The number of benzene rings is 1. The highest BCUT2D eigenvalue weighted by atomic mass is 32.2. The topological polar surface area (TPSA) is 80.5 Å². The molecule has 1 aromatic carbocycles. The van der Waals surface area contributed by atoms with E-state index < -0.39 is 9.84 Å². The van der Waals surface area contributed by atoms with Crippen molar-refractivity contribution in [2.24, 2.45) is 0 Å². The Kier molecular flexibility index (Phi) is 4.84. The van der Waals surface area contributed by atoms with Crippen LogP contribution in [0.4, 0.5) is 0 Å². The Balaban J connectivity index is 1.61. The van der Waals surface area contributed by atoms with Gasteiger partial charge in [-0.05, 0) is 17.9 Å². The summed E-state index contributed by atoms with van der Waals surface area (Å²) in [5.41, 5.74) is 1.02. The normalized spacial score (nSPS) is 18.4. The lowest BCUT2D eigenvalue weighted by Crippen LogP contribution is -2.40. The van der Waals surface area contributed by atoms with Gasteiger partial charge in [0.2, 0.25) is 0 Å². The minimum absolute atomic E-state index is 0.00644. The molecule has 0 saturated carbocycles. The van der Waals surface area contributed by atoms with Crippen molar-refractivity contribution in [1.82, 2.24) is 10.1 Å². The molecule has 0 radical (unpaired) electrons. The number of rotatable bonds is 5. The van der Waals surface area contributed by atoms with Gasteiger partial charge in [0.15, 0.2) is 21.3 Å². The number of amides is 1. The number of aromatic nitrogens is 1. The van der Waals surface area contributed by atoms with Crippen LogP contribution in [0.3, 0.4) is 0 Å². The fourth-order valence-electron chi connectivity index (χ4n) is 3.22. The zero-order chi connectivity index (χ0) is 18.9. The Labute approximate surface area is 161 Å². The van der Waals surface area contributed by atoms with Crippen molar-refractivity contribution in [3.05, 3.63) is 64.5 Å². The Morgan fingerprint density at radius 2 is 2.04 bits per heavy atom. The summed E-state index contributed by atoms with van der Waals surface area (Å²) in [6.07, 6.45) is 0.447. The standard InChI is InChI=1S/C19H18N2O4S2/c22-19(17-11-18(25-20-17)14-5-2-1-3-6-14)21(12-16-7-4-9-26-16)15-8-10-27(23,24)13-15/h1-7,9,11,15H,8,10,12-13H2. The van der Waals surface area contributed by atoms with Gasteiger partial charge < -0.3 is 9.42 Å². The van der Waals surface area contributed by atoms with Crippen molar-refractivity contribution in [3.8, 4) is 11.3 Å². The lowest BCUT2D eigenvalue weighted by molar-refractivity contribution is 0.0672. The van der Waals surface area contributed by atoms with Gasteiger partial charge in [-0.1, -0.05) is 41.6 Å². The first-order valence-corrected chi connectivity index (χ1v) is 11.3. The van der Waals surface area contributed by atoms with Crippen LogP contribution in [-0.2, 0) is 16.4 Å². The van der Waals surface area contributed by atoms with E-state index >= 15 is 0 Å². The first kappa shape index (κ1) is 17.9. The molecule has 2 aromatic heterocycles. The second-order valence-electron chi connectivity index (χ2n) is 6.51. The van der Waals surface area contributed by atoms with Crippen LogP contribution in [0.2, 0.25) is 0 Å².